The fourth-order valence-electron chi connectivity index (χ4n) is 0.928. The van der Waals surface area contributed by atoms with Crippen LogP contribution in [0.25, 0.3) is 0 Å². The molecule has 0 spiro atoms. The van der Waals surface area contributed by atoms with E-state index in [0.717, 1.165) is 0 Å². The van der Waals surface area contributed by atoms with E-state index in [4.69, 9.17) is 22.4 Å². The lowest BCUT2D eigenvalue weighted by atomic mass is 10.4. The number of aliphatic hydroxyl groups is 1. The molecule has 1 aromatic rings. The van der Waals surface area contributed by atoms with Crippen LogP contribution in [0.1, 0.15) is 12.1 Å². The lowest BCUT2D eigenvalue weighted by Gasteiger charge is -2.03. The van der Waals surface area contributed by atoms with Crippen LogP contribution in [0.15, 0.2) is 5.38 Å². The van der Waals surface area contributed by atoms with Crippen molar-refractivity contribution in [2.45, 2.75) is 19.6 Å². The summed E-state index contributed by atoms with van der Waals surface area (Å²) in [6.07, 6.45) is 0.0258. The van der Waals surface area contributed by atoms with Gasteiger partial charge in [-0.1, -0.05) is 0 Å². The van der Waals surface area contributed by atoms with Gasteiger partial charge in [0.15, 0.2) is 3.95 Å². The molecule has 1 heterocycles. The summed E-state index contributed by atoms with van der Waals surface area (Å²) in [4.78, 5) is 10.3. The average molecular weight is 219 g/mol. The van der Waals surface area contributed by atoms with Crippen molar-refractivity contribution in [2.75, 3.05) is 0 Å². The summed E-state index contributed by atoms with van der Waals surface area (Å²) >= 11 is 6.30. The molecule has 0 aliphatic carbocycles. The van der Waals surface area contributed by atoms with Gasteiger partial charge in [-0.05, 0) is 12.2 Å². The average Bonchev–Trinajstić information content (AvgIpc) is 2.43. The third-order valence-corrected chi connectivity index (χ3v) is 2.90. The van der Waals surface area contributed by atoms with E-state index < -0.39 is 5.97 Å². The maximum atomic E-state index is 10.3. The standard InChI is InChI=1S/C7H9NO3S2/c9-3-5-4-13-7(12)8(5)2-1-6(10)11/h4,9H,1-3H2,(H,10,11). The Kier molecular flexibility index (Phi) is 3.58. The second-order valence-corrected chi connectivity index (χ2v) is 3.95. The number of thiazole rings is 1. The number of aliphatic hydroxyl groups excluding tert-OH is 1. The zero-order valence-corrected chi connectivity index (χ0v) is 8.40. The van der Waals surface area contributed by atoms with E-state index in [0.29, 0.717) is 16.2 Å². The van der Waals surface area contributed by atoms with Crippen molar-refractivity contribution in [1.82, 2.24) is 4.57 Å². The summed E-state index contributed by atoms with van der Waals surface area (Å²) < 4.78 is 2.25. The molecule has 0 aliphatic rings. The molecule has 1 rings (SSSR count). The monoisotopic (exact) mass is 219 g/mol. The van der Waals surface area contributed by atoms with E-state index in [1.165, 1.54) is 11.3 Å². The topological polar surface area (TPSA) is 62.5 Å². The van der Waals surface area contributed by atoms with Gasteiger partial charge in [0.2, 0.25) is 0 Å². The largest absolute Gasteiger partial charge is 0.481 e. The highest BCUT2D eigenvalue weighted by molar-refractivity contribution is 7.73. The lowest BCUT2D eigenvalue weighted by molar-refractivity contribution is -0.137. The second-order valence-electron chi connectivity index (χ2n) is 2.45. The van der Waals surface area contributed by atoms with Crippen molar-refractivity contribution < 1.29 is 15.0 Å². The molecule has 0 radical (unpaired) electrons. The number of carbonyl (C=O) groups is 1. The van der Waals surface area contributed by atoms with Crippen molar-refractivity contribution in [3.05, 3.63) is 15.0 Å². The van der Waals surface area contributed by atoms with Gasteiger partial charge in [0, 0.05) is 11.9 Å². The van der Waals surface area contributed by atoms with Crippen LogP contribution < -0.4 is 0 Å². The Balaban J connectivity index is 2.79. The number of hydrogen-bond acceptors (Lipinski definition) is 4. The third-order valence-electron chi connectivity index (χ3n) is 1.57. The van der Waals surface area contributed by atoms with Crippen molar-refractivity contribution in [3.8, 4) is 0 Å². The van der Waals surface area contributed by atoms with Gasteiger partial charge >= 0.3 is 5.97 Å². The van der Waals surface area contributed by atoms with Gasteiger partial charge in [-0.15, -0.1) is 11.3 Å². The molecule has 0 bridgehead atoms. The number of aliphatic carboxylic acids is 1. The predicted molar refractivity (Wildman–Crippen MR) is 51.3 cm³/mol. The number of aromatic nitrogens is 1. The van der Waals surface area contributed by atoms with E-state index in [9.17, 15) is 4.79 Å². The van der Waals surface area contributed by atoms with E-state index >= 15 is 0 Å². The molecule has 13 heavy (non-hydrogen) atoms. The number of rotatable bonds is 4. The first-order chi connectivity index (χ1) is 6.15. The van der Waals surface area contributed by atoms with Gasteiger partial charge in [-0.2, -0.15) is 0 Å². The summed E-state index contributed by atoms with van der Waals surface area (Å²) in [5, 5.41) is 19.1. The van der Waals surface area contributed by atoms with Crippen LogP contribution in [-0.2, 0) is 17.9 Å². The highest BCUT2D eigenvalue weighted by Crippen LogP contribution is 2.11. The number of carboxylic acid groups (broad SMARTS) is 1. The third kappa shape index (κ3) is 2.61. The van der Waals surface area contributed by atoms with Crippen molar-refractivity contribution in [2.24, 2.45) is 0 Å². The molecule has 0 aromatic carbocycles. The SMILES string of the molecule is O=C(O)CCn1c(CO)csc1=S. The van der Waals surface area contributed by atoms with Crippen LogP contribution in [0, 0.1) is 3.95 Å². The first-order valence-corrected chi connectivity index (χ1v) is 4.94. The Morgan fingerprint density at radius 3 is 2.92 bits per heavy atom. The molecule has 0 saturated heterocycles. The summed E-state index contributed by atoms with van der Waals surface area (Å²) in [5.74, 6) is -0.864. The summed E-state index contributed by atoms with van der Waals surface area (Å²) in [6.45, 7) is 0.223. The van der Waals surface area contributed by atoms with Crippen molar-refractivity contribution in [1.29, 1.82) is 0 Å². The van der Waals surface area contributed by atoms with Gasteiger partial charge in [0.25, 0.3) is 0 Å². The molecule has 0 amide bonds. The fraction of sp³-hybridized carbons (Fsp3) is 0.429. The Morgan fingerprint density at radius 1 is 1.69 bits per heavy atom. The van der Waals surface area contributed by atoms with E-state index in [1.54, 1.807) is 9.95 Å². The van der Waals surface area contributed by atoms with Gasteiger partial charge in [0.05, 0.1) is 18.7 Å². The van der Waals surface area contributed by atoms with Crippen LogP contribution >= 0.6 is 23.6 Å². The van der Waals surface area contributed by atoms with Gasteiger partial charge in [-0.3, -0.25) is 4.79 Å². The van der Waals surface area contributed by atoms with E-state index in [-0.39, 0.29) is 13.0 Å². The first-order valence-electron chi connectivity index (χ1n) is 3.65. The highest BCUT2D eigenvalue weighted by atomic mass is 32.1. The van der Waals surface area contributed by atoms with Crippen LogP contribution in [0.4, 0.5) is 0 Å². The Morgan fingerprint density at radius 2 is 2.38 bits per heavy atom. The fourth-order valence-corrected chi connectivity index (χ4v) is 2.06. The number of hydrogen-bond donors (Lipinski definition) is 2. The van der Waals surface area contributed by atoms with E-state index in [2.05, 4.69) is 0 Å². The smallest absolute Gasteiger partial charge is 0.305 e. The first kappa shape index (κ1) is 10.4. The Hall–Kier alpha value is -0.720. The zero-order chi connectivity index (χ0) is 9.84. The van der Waals surface area contributed by atoms with Crippen LogP contribution in [0.2, 0.25) is 0 Å². The maximum absolute atomic E-state index is 10.3. The van der Waals surface area contributed by atoms with Gasteiger partial charge in [0.1, 0.15) is 0 Å². The van der Waals surface area contributed by atoms with Gasteiger partial charge in [-0.25, -0.2) is 0 Å². The molecule has 0 saturated carbocycles. The Labute approximate surface area is 84.1 Å². The van der Waals surface area contributed by atoms with Crippen molar-refractivity contribution in [3.63, 3.8) is 0 Å². The number of nitrogens with zero attached hydrogens (tertiary/aromatic N) is 1. The predicted octanol–water partition coefficient (Wildman–Crippen LogP) is 1.25. The normalized spacial score (nSPS) is 10.2. The van der Waals surface area contributed by atoms with Crippen LogP contribution in [0.3, 0.4) is 0 Å². The summed E-state index contributed by atoms with van der Waals surface area (Å²) in [6, 6.07) is 0. The molecule has 6 heteroatoms. The minimum Gasteiger partial charge on any atom is -0.481 e. The highest BCUT2D eigenvalue weighted by Gasteiger charge is 2.04. The Bertz CT molecular complexity index is 355. The van der Waals surface area contributed by atoms with Gasteiger partial charge < -0.3 is 14.8 Å². The molecule has 0 fully saturated rings. The van der Waals surface area contributed by atoms with Crippen LogP contribution in [0.5, 0.6) is 0 Å². The van der Waals surface area contributed by atoms with Crippen molar-refractivity contribution >= 4 is 29.5 Å². The molecular formula is C7H9NO3S2. The molecule has 72 valence electrons. The second kappa shape index (κ2) is 4.50. The number of carboxylic acids is 1. The molecule has 2 N–H and O–H groups in total. The lowest BCUT2D eigenvalue weighted by Crippen LogP contribution is -2.07. The van der Waals surface area contributed by atoms with E-state index in [1.807, 2.05) is 0 Å². The quantitative estimate of drug-likeness (QED) is 0.748. The van der Waals surface area contributed by atoms with Crippen LogP contribution in [-0.4, -0.2) is 20.7 Å². The molecular weight excluding hydrogens is 210 g/mol. The summed E-state index contributed by atoms with van der Waals surface area (Å²) in [7, 11) is 0. The molecule has 0 aliphatic heterocycles. The molecule has 0 unspecified atom stereocenters. The maximum Gasteiger partial charge on any atom is 0.305 e. The minimum absolute atomic E-state index is 0.0258. The molecule has 1 aromatic heterocycles. The minimum atomic E-state index is -0.864. The molecule has 4 nitrogen and oxygen atoms in total. The zero-order valence-electron chi connectivity index (χ0n) is 6.77. The summed E-state index contributed by atoms with van der Waals surface area (Å²) in [5.41, 5.74) is 0.677. The molecule has 0 atom stereocenters.